The Labute approximate surface area is 115 Å². The number of carbonyl (C=O) groups is 1. The zero-order valence-corrected chi connectivity index (χ0v) is 12.5. The summed E-state index contributed by atoms with van der Waals surface area (Å²) in [7, 11) is 1.74. The molecule has 106 valence electrons. The first kappa shape index (κ1) is 15.5. The van der Waals surface area contributed by atoms with Crippen molar-refractivity contribution in [1.29, 1.82) is 0 Å². The van der Waals surface area contributed by atoms with Crippen molar-refractivity contribution in [3.8, 4) is 5.75 Å². The molecule has 19 heavy (non-hydrogen) atoms. The summed E-state index contributed by atoms with van der Waals surface area (Å²) in [6.45, 7) is 8.87. The minimum Gasteiger partial charge on any atom is -0.491 e. The Kier molecular flexibility index (Phi) is 5.36. The van der Waals surface area contributed by atoms with Gasteiger partial charge in [-0.3, -0.25) is 4.79 Å². The van der Waals surface area contributed by atoms with Crippen LogP contribution in [0.15, 0.2) is 12.1 Å². The van der Waals surface area contributed by atoms with Crippen LogP contribution in [0.3, 0.4) is 0 Å². The first-order chi connectivity index (χ1) is 8.82. The molecule has 1 aromatic rings. The van der Waals surface area contributed by atoms with E-state index in [-0.39, 0.29) is 5.91 Å². The van der Waals surface area contributed by atoms with E-state index in [0.717, 1.165) is 11.3 Å². The van der Waals surface area contributed by atoms with E-state index in [9.17, 15) is 4.79 Å². The lowest BCUT2D eigenvalue weighted by Crippen LogP contribution is -2.41. The highest BCUT2D eigenvalue weighted by molar-refractivity contribution is 5.80. The predicted molar refractivity (Wildman–Crippen MR) is 77.4 cm³/mol. The lowest BCUT2D eigenvalue weighted by atomic mass is 10.1. The molecule has 1 atom stereocenters. The topological polar surface area (TPSA) is 55.6 Å². The van der Waals surface area contributed by atoms with E-state index in [2.05, 4.69) is 19.9 Å². The molecule has 0 heterocycles. The molecular weight excluding hydrogens is 240 g/mol. The van der Waals surface area contributed by atoms with Gasteiger partial charge in [-0.15, -0.1) is 0 Å². The van der Waals surface area contributed by atoms with Gasteiger partial charge in [0.15, 0.2) is 0 Å². The highest BCUT2D eigenvalue weighted by Gasteiger charge is 2.13. The van der Waals surface area contributed by atoms with E-state index in [1.165, 1.54) is 11.1 Å². The number of hydrogen-bond acceptors (Lipinski definition) is 3. The third kappa shape index (κ3) is 4.24. The van der Waals surface area contributed by atoms with Gasteiger partial charge >= 0.3 is 0 Å². The molecule has 0 aliphatic heterocycles. The van der Waals surface area contributed by atoms with Crippen LogP contribution in [0.4, 0.5) is 0 Å². The number of amides is 1. The summed E-state index contributed by atoms with van der Waals surface area (Å²) in [6.07, 6.45) is 0. The summed E-state index contributed by atoms with van der Waals surface area (Å²) in [5.41, 5.74) is 9.13. The lowest BCUT2D eigenvalue weighted by Gasteiger charge is -2.20. The minimum absolute atomic E-state index is 0.0691. The van der Waals surface area contributed by atoms with Crippen molar-refractivity contribution in [2.75, 3.05) is 20.2 Å². The van der Waals surface area contributed by atoms with Gasteiger partial charge in [-0.05, 0) is 50.5 Å². The van der Waals surface area contributed by atoms with Crippen molar-refractivity contribution < 1.29 is 9.53 Å². The van der Waals surface area contributed by atoms with Crippen LogP contribution in [0.2, 0.25) is 0 Å². The molecule has 0 aliphatic carbocycles. The molecule has 0 aliphatic rings. The van der Waals surface area contributed by atoms with Crippen LogP contribution in [0.5, 0.6) is 5.75 Å². The van der Waals surface area contributed by atoms with Crippen LogP contribution in [-0.4, -0.2) is 37.0 Å². The summed E-state index contributed by atoms with van der Waals surface area (Å²) < 4.78 is 5.74. The van der Waals surface area contributed by atoms with Crippen LogP contribution in [0.25, 0.3) is 0 Å². The standard InChI is InChI=1S/C15H24N2O2/c1-10-8-12(3)14(9-11(10)2)19-7-6-17(5)15(18)13(4)16/h8-9,13H,6-7,16H2,1-5H3. The fourth-order valence-corrected chi connectivity index (χ4v) is 1.84. The highest BCUT2D eigenvalue weighted by atomic mass is 16.5. The van der Waals surface area contributed by atoms with Crippen molar-refractivity contribution in [3.05, 3.63) is 28.8 Å². The maximum Gasteiger partial charge on any atom is 0.239 e. The molecule has 0 saturated heterocycles. The average molecular weight is 264 g/mol. The first-order valence-electron chi connectivity index (χ1n) is 6.54. The summed E-state index contributed by atoms with van der Waals surface area (Å²) in [6, 6.07) is 3.69. The van der Waals surface area contributed by atoms with Gasteiger partial charge in [0.05, 0.1) is 12.6 Å². The second-order valence-corrected chi connectivity index (χ2v) is 5.10. The third-order valence-corrected chi connectivity index (χ3v) is 3.24. The Morgan fingerprint density at radius 1 is 1.26 bits per heavy atom. The molecule has 1 rings (SSSR count). The monoisotopic (exact) mass is 264 g/mol. The smallest absolute Gasteiger partial charge is 0.239 e. The molecule has 4 nitrogen and oxygen atoms in total. The van der Waals surface area contributed by atoms with Crippen molar-refractivity contribution in [2.45, 2.75) is 33.7 Å². The molecule has 2 N–H and O–H groups in total. The molecule has 0 saturated carbocycles. The van der Waals surface area contributed by atoms with Crippen LogP contribution in [0.1, 0.15) is 23.6 Å². The Morgan fingerprint density at radius 2 is 1.84 bits per heavy atom. The van der Waals surface area contributed by atoms with Crippen molar-refractivity contribution in [1.82, 2.24) is 4.90 Å². The SMILES string of the molecule is Cc1cc(C)c(OCCN(C)C(=O)C(C)N)cc1C. The number of nitrogens with zero attached hydrogens (tertiary/aromatic N) is 1. The second kappa shape index (κ2) is 6.57. The number of hydrogen-bond donors (Lipinski definition) is 1. The number of carbonyl (C=O) groups excluding carboxylic acids is 1. The number of nitrogens with two attached hydrogens (primary N) is 1. The number of benzene rings is 1. The molecule has 1 aromatic carbocycles. The molecule has 1 unspecified atom stereocenters. The zero-order chi connectivity index (χ0) is 14.6. The van der Waals surface area contributed by atoms with E-state index in [1.807, 2.05) is 13.0 Å². The Bertz CT molecular complexity index is 456. The number of ether oxygens (including phenoxy) is 1. The highest BCUT2D eigenvalue weighted by Crippen LogP contribution is 2.22. The molecular formula is C15H24N2O2. The van der Waals surface area contributed by atoms with Gasteiger partial charge < -0.3 is 15.4 Å². The van der Waals surface area contributed by atoms with Gasteiger partial charge in [-0.25, -0.2) is 0 Å². The largest absolute Gasteiger partial charge is 0.491 e. The van der Waals surface area contributed by atoms with E-state index in [4.69, 9.17) is 10.5 Å². The first-order valence-corrected chi connectivity index (χ1v) is 6.54. The molecule has 1 amide bonds. The van der Waals surface area contributed by atoms with E-state index in [1.54, 1.807) is 18.9 Å². The maximum atomic E-state index is 11.6. The Hall–Kier alpha value is -1.55. The van der Waals surface area contributed by atoms with Gasteiger partial charge in [-0.2, -0.15) is 0 Å². The Morgan fingerprint density at radius 3 is 2.42 bits per heavy atom. The van der Waals surface area contributed by atoms with Crippen LogP contribution in [-0.2, 0) is 4.79 Å². The maximum absolute atomic E-state index is 11.6. The van der Waals surface area contributed by atoms with Crippen molar-refractivity contribution in [3.63, 3.8) is 0 Å². The molecule has 4 heteroatoms. The fourth-order valence-electron chi connectivity index (χ4n) is 1.84. The fraction of sp³-hybridized carbons (Fsp3) is 0.533. The van der Waals surface area contributed by atoms with Gasteiger partial charge in [0, 0.05) is 7.05 Å². The molecule has 0 fully saturated rings. The summed E-state index contributed by atoms with van der Waals surface area (Å²) >= 11 is 0. The minimum atomic E-state index is -0.464. The normalized spacial score (nSPS) is 12.1. The lowest BCUT2D eigenvalue weighted by molar-refractivity contribution is -0.131. The number of aryl methyl sites for hydroxylation is 3. The van der Waals surface area contributed by atoms with Gasteiger partial charge in [0.25, 0.3) is 0 Å². The van der Waals surface area contributed by atoms with Crippen molar-refractivity contribution in [2.24, 2.45) is 5.73 Å². The summed E-state index contributed by atoms with van der Waals surface area (Å²) in [5, 5.41) is 0. The predicted octanol–water partition coefficient (Wildman–Crippen LogP) is 1.80. The Balaban J connectivity index is 2.54. The van der Waals surface area contributed by atoms with Gasteiger partial charge in [0.2, 0.25) is 5.91 Å². The van der Waals surface area contributed by atoms with E-state index < -0.39 is 6.04 Å². The van der Waals surface area contributed by atoms with E-state index >= 15 is 0 Å². The number of likely N-dealkylation sites (N-methyl/N-ethyl adjacent to an activating group) is 1. The van der Waals surface area contributed by atoms with Crippen LogP contribution >= 0.6 is 0 Å². The molecule has 0 aromatic heterocycles. The summed E-state index contributed by atoms with van der Waals surface area (Å²) in [5.74, 6) is 0.810. The third-order valence-electron chi connectivity index (χ3n) is 3.24. The van der Waals surface area contributed by atoms with Crippen LogP contribution < -0.4 is 10.5 Å². The van der Waals surface area contributed by atoms with Crippen LogP contribution in [0, 0.1) is 20.8 Å². The van der Waals surface area contributed by atoms with Gasteiger partial charge in [-0.1, -0.05) is 6.07 Å². The second-order valence-electron chi connectivity index (χ2n) is 5.10. The quantitative estimate of drug-likeness (QED) is 0.882. The average Bonchev–Trinajstić information content (AvgIpc) is 2.34. The van der Waals surface area contributed by atoms with E-state index in [0.29, 0.717) is 13.2 Å². The molecule has 0 radical (unpaired) electrons. The number of rotatable bonds is 5. The molecule has 0 bridgehead atoms. The summed E-state index contributed by atoms with van der Waals surface area (Å²) in [4.78, 5) is 13.2. The zero-order valence-electron chi connectivity index (χ0n) is 12.5. The van der Waals surface area contributed by atoms with Crippen molar-refractivity contribution >= 4 is 5.91 Å². The molecule has 0 spiro atoms. The van der Waals surface area contributed by atoms with Gasteiger partial charge in [0.1, 0.15) is 12.4 Å².